The summed E-state index contributed by atoms with van der Waals surface area (Å²) in [5.74, 6) is 0.802. The Morgan fingerprint density at radius 3 is 2.37 bits per heavy atom. The van der Waals surface area contributed by atoms with E-state index in [1.54, 1.807) is 0 Å². The molecule has 0 atom stereocenters. The van der Waals surface area contributed by atoms with Crippen LogP contribution in [0, 0.1) is 10.4 Å². The molecule has 27 heavy (non-hydrogen) atoms. The summed E-state index contributed by atoms with van der Waals surface area (Å²) in [5, 5.41) is 17.2. The fraction of sp³-hybridized carbons (Fsp3) is 0.333. The number of hydrogen-bond donors (Lipinski definition) is 2. The van der Waals surface area contributed by atoms with Crippen LogP contribution >= 0.6 is 0 Å². The third kappa shape index (κ3) is 5.84. The van der Waals surface area contributed by atoms with Crippen LogP contribution in [-0.2, 0) is 30.9 Å². The molecule has 0 aromatic heterocycles. The molecule has 0 spiro atoms. The average Bonchev–Trinajstić information content (AvgIpc) is 2.91. The Labute approximate surface area is 192 Å². The van der Waals surface area contributed by atoms with Gasteiger partial charge in [0.15, 0.2) is 0 Å². The Balaban J connectivity index is 0.00000225. The normalized spacial score (nSPS) is 12.2. The second-order valence-corrected chi connectivity index (χ2v) is 7.08. The van der Waals surface area contributed by atoms with Crippen LogP contribution in [0.25, 0.3) is 11.8 Å². The summed E-state index contributed by atoms with van der Waals surface area (Å²) in [6, 6.07) is 12.5. The number of nitrogens with one attached hydrogen (secondary N) is 1. The molecule has 2 aromatic carbocycles. The minimum Gasteiger partial charge on any atom is -1.00 e. The Morgan fingerprint density at radius 1 is 1.07 bits per heavy atom. The molecule has 0 amide bonds. The summed E-state index contributed by atoms with van der Waals surface area (Å²) in [6.45, 7) is 8.67. The van der Waals surface area contributed by atoms with Gasteiger partial charge in [-0.2, -0.15) is 0 Å². The first kappa shape index (κ1) is 26.2. The number of benzene rings is 2. The first-order valence-corrected chi connectivity index (χ1v) is 8.30. The summed E-state index contributed by atoms with van der Waals surface area (Å²) >= 11 is 0. The summed E-state index contributed by atoms with van der Waals surface area (Å²) in [7, 11) is 0. The van der Waals surface area contributed by atoms with Gasteiger partial charge in [-0.3, -0.25) is 0 Å². The van der Waals surface area contributed by atoms with Crippen molar-refractivity contribution in [1.29, 1.82) is 0 Å². The van der Waals surface area contributed by atoms with Gasteiger partial charge in [0.05, 0.1) is 12.4 Å². The molecule has 0 bridgehead atoms. The smallest absolute Gasteiger partial charge is 1.00 e. The van der Waals surface area contributed by atoms with Crippen LogP contribution < -0.4 is 40.6 Å². The van der Waals surface area contributed by atoms with E-state index in [0.717, 1.165) is 27.4 Å². The van der Waals surface area contributed by atoms with Crippen LogP contribution in [0.3, 0.4) is 0 Å². The largest absolute Gasteiger partial charge is 3.00 e. The molecule has 1 radical (unpaired) electrons. The quantitative estimate of drug-likeness (QED) is 0.376. The molecule has 1 aliphatic rings. The van der Waals surface area contributed by atoms with Crippen molar-refractivity contribution in [3.8, 4) is 0 Å². The molecule has 0 fully saturated rings. The van der Waals surface area contributed by atoms with Gasteiger partial charge < -0.3 is 40.0 Å². The summed E-state index contributed by atoms with van der Waals surface area (Å²) < 4.78 is 5.67. The van der Waals surface area contributed by atoms with E-state index in [-0.39, 0.29) is 63.2 Å². The molecule has 3 rings (SSSR count). The van der Waals surface area contributed by atoms with E-state index >= 15 is 0 Å². The minimum atomic E-state index is -0.0857. The van der Waals surface area contributed by atoms with Gasteiger partial charge in [-0.15, -0.1) is 27.8 Å². The van der Waals surface area contributed by atoms with Crippen molar-refractivity contribution >= 4 is 17.5 Å². The zero-order chi connectivity index (χ0) is 17.3. The van der Waals surface area contributed by atoms with Crippen molar-refractivity contribution in [2.45, 2.75) is 33.2 Å². The van der Waals surface area contributed by atoms with Gasteiger partial charge in [0.2, 0.25) is 0 Å². The predicted molar refractivity (Wildman–Crippen MR) is 97.8 cm³/mol. The topological polar surface area (TPSA) is 41.5 Å². The fourth-order valence-corrected chi connectivity index (χ4v) is 2.99. The van der Waals surface area contributed by atoms with Gasteiger partial charge in [0.1, 0.15) is 6.61 Å². The molecule has 0 heterocycles. The standard InChI is InChI=1S/C21H24NO2.2ClH.Zr/c1-14(24-12-11-23)16-9-10-18-17-8-6-5-7-15(17)13-19(18)20(16)22-21(2,3)4;;;/h5-10,22-23H,11-12H2,1-4H3;2*1H;/q-1;;;+3/p-2. The molecule has 6 heteroatoms. The number of aliphatic hydroxyl groups excluding tert-OH is 1. The van der Waals surface area contributed by atoms with Crippen LogP contribution in [0.5, 0.6) is 0 Å². The average molecular weight is 485 g/mol. The number of fused-ring (bicyclic) bond motifs is 2. The molecule has 0 unspecified atom stereocenters. The van der Waals surface area contributed by atoms with Crippen molar-refractivity contribution in [2.24, 2.45) is 0 Å². The van der Waals surface area contributed by atoms with Crippen molar-refractivity contribution in [1.82, 2.24) is 0 Å². The van der Waals surface area contributed by atoms with Crippen molar-refractivity contribution in [3.63, 3.8) is 0 Å². The number of ether oxygens (including phenoxy) is 1. The van der Waals surface area contributed by atoms with Crippen molar-refractivity contribution < 1.29 is 60.9 Å². The monoisotopic (exact) mass is 482 g/mol. The molecule has 143 valence electrons. The first-order valence-electron chi connectivity index (χ1n) is 8.30. The molecule has 0 saturated heterocycles. The summed E-state index contributed by atoms with van der Waals surface area (Å²) in [5.41, 5.74) is 2.03. The third-order valence-electron chi connectivity index (χ3n) is 3.97. The maximum absolute atomic E-state index is 9.02. The Bertz CT molecular complexity index is 985. The predicted octanol–water partition coefficient (Wildman–Crippen LogP) is -3.65. The Kier molecular flexibility index (Phi) is 10.4. The number of hydrogen-bond acceptors (Lipinski definition) is 3. The van der Waals surface area contributed by atoms with Gasteiger partial charge in [-0.1, -0.05) is 35.9 Å². The Morgan fingerprint density at radius 2 is 1.74 bits per heavy atom. The first-order chi connectivity index (χ1) is 11.4. The number of halogens is 2. The van der Waals surface area contributed by atoms with Gasteiger partial charge in [0, 0.05) is 10.8 Å². The van der Waals surface area contributed by atoms with E-state index < -0.39 is 0 Å². The van der Waals surface area contributed by atoms with Gasteiger partial charge >= 0.3 is 26.2 Å². The van der Waals surface area contributed by atoms with Gasteiger partial charge in [-0.25, -0.2) is 0 Å². The fourth-order valence-electron chi connectivity index (χ4n) is 2.99. The van der Waals surface area contributed by atoms with Crippen molar-refractivity contribution in [2.75, 3.05) is 18.5 Å². The van der Waals surface area contributed by atoms with E-state index in [1.165, 1.54) is 10.4 Å². The van der Waals surface area contributed by atoms with E-state index in [1.807, 2.05) is 13.0 Å². The molecule has 1 aliphatic carbocycles. The molecule has 2 N–H and O–H groups in total. The number of aliphatic hydroxyl groups is 1. The van der Waals surface area contributed by atoms with Crippen LogP contribution in [0.1, 0.15) is 33.3 Å². The van der Waals surface area contributed by atoms with Crippen LogP contribution in [0.2, 0.25) is 0 Å². The second-order valence-electron chi connectivity index (χ2n) is 7.08. The maximum atomic E-state index is 9.02. The molecular weight excluding hydrogens is 460 g/mol. The van der Waals surface area contributed by atoms with Crippen LogP contribution in [0.15, 0.2) is 36.4 Å². The SMILES string of the molecule is CC(OCCO)=c1ccc2c(c1NC(C)(C)C)[C-]=c1ccccc1=2.[Cl-].[Cl-].[Zr+3]. The van der Waals surface area contributed by atoms with Crippen LogP contribution in [0.4, 0.5) is 5.69 Å². The van der Waals surface area contributed by atoms with Gasteiger partial charge in [0.25, 0.3) is 0 Å². The second kappa shape index (κ2) is 10.7. The molecule has 0 saturated carbocycles. The van der Waals surface area contributed by atoms with E-state index in [4.69, 9.17) is 9.84 Å². The minimum absolute atomic E-state index is 0. The zero-order valence-corrected chi connectivity index (χ0v) is 20.0. The summed E-state index contributed by atoms with van der Waals surface area (Å²) in [4.78, 5) is 0. The number of anilines is 1. The van der Waals surface area contributed by atoms with E-state index in [2.05, 4.69) is 62.5 Å². The molecule has 2 aromatic rings. The van der Waals surface area contributed by atoms with E-state index in [0.29, 0.717) is 6.61 Å². The summed E-state index contributed by atoms with van der Waals surface area (Å²) in [6.07, 6.45) is 3.54. The molecular formula is C21H24Cl2NO2Zr. The molecule has 3 nitrogen and oxygen atoms in total. The number of rotatable bonds is 4. The van der Waals surface area contributed by atoms with E-state index in [9.17, 15) is 0 Å². The van der Waals surface area contributed by atoms with Gasteiger partial charge in [-0.05, 0) is 33.4 Å². The van der Waals surface area contributed by atoms with Crippen molar-refractivity contribution in [3.05, 3.63) is 62.8 Å². The molecule has 0 aliphatic heterocycles. The van der Waals surface area contributed by atoms with Crippen LogP contribution in [-0.4, -0.2) is 23.9 Å². The Hall–Kier alpha value is -0.797. The zero-order valence-electron chi connectivity index (χ0n) is 16.0. The third-order valence-corrected chi connectivity index (χ3v) is 3.97. The maximum Gasteiger partial charge on any atom is 3.00 e.